The zero-order valence-electron chi connectivity index (χ0n) is 18.4. The molecule has 0 amide bonds. The van der Waals surface area contributed by atoms with Crippen molar-refractivity contribution in [1.29, 1.82) is 0 Å². The molecule has 0 fully saturated rings. The lowest BCUT2D eigenvalue weighted by molar-refractivity contribution is -0.236. The number of fused-ring (bicyclic) bond motifs is 1. The van der Waals surface area contributed by atoms with E-state index in [1.807, 2.05) is 60.7 Å². The maximum atomic E-state index is 14.1. The summed E-state index contributed by atoms with van der Waals surface area (Å²) >= 11 is 0. The van der Waals surface area contributed by atoms with Gasteiger partial charge in [-0.05, 0) is 35.8 Å². The number of carboxylic acids is 1. The van der Waals surface area contributed by atoms with Crippen molar-refractivity contribution in [3.8, 4) is 11.5 Å². The first-order chi connectivity index (χ1) is 16.2. The van der Waals surface area contributed by atoms with Crippen molar-refractivity contribution in [2.45, 2.75) is 38.1 Å². The molecule has 1 atom stereocenters. The van der Waals surface area contributed by atoms with Crippen LogP contribution in [-0.2, 0) is 17.8 Å². The number of alkyl halides is 3. The molecule has 0 saturated carbocycles. The van der Waals surface area contributed by atoms with E-state index in [0.717, 1.165) is 17.2 Å². The second kappa shape index (κ2) is 9.25. The number of rotatable bonds is 7. The van der Waals surface area contributed by atoms with E-state index in [2.05, 4.69) is 0 Å². The van der Waals surface area contributed by atoms with Crippen LogP contribution in [0.25, 0.3) is 6.08 Å². The van der Waals surface area contributed by atoms with E-state index in [1.165, 1.54) is 13.0 Å². The Kier molecular flexibility index (Phi) is 6.37. The van der Waals surface area contributed by atoms with Crippen molar-refractivity contribution in [3.63, 3.8) is 0 Å². The third-order valence-corrected chi connectivity index (χ3v) is 5.87. The van der Waals surface area contributed by atoms with Gasteiger partial charge >= 0.3 is 12.1 Å². The van der Waals surface area contributed by atoms with E-state index in [-0.39, 0.29) is 17.9 Å². The van der Waals surface area contributed by atoms with Gasteiger partial charge in [0.1, 0.15) is 18.1 Å². The number of hydrogen-bond acceptors (Lipinski definition) is 3. The van der Waals surface area contributed by atoms with Crippen LogP contribution in [0, 0.1) is 0 Å². The first-order valence-corrected chi connectivity index (χ1v) is 10.8. The van der Waals surface area contributed by atoms with Crippen LogP contribution in [0.2, 0.25) is 0 Å². The summed E-state index contributed by atoms with van der Waals surface area (Å²) in [4.78, 5) is 11.8. The molecule has 3 aromatic rings. The van der Waals surface area contributed by atoms with Gasteiger partial charge in [0.15, 0.2) is 0 Å². The molecule has 0 spiro atoms. The fourth-order valence-corrected chi connectivity index (χ4v) is 4.07. The Hall–Kier alpha value is -3.74. The summed E-state index contributed by atoms with van der Waals surface area (Å²) in [5.74, 6) is -1.25. The number of ether oxygens (including phenoxy) is 2. The van der Waals surface area contributed by atoms with Gasteiger partial charge in [-0.1, -0.05) is 67.6 Å². The Balaban J connectivity index is 1.80. The fraction of sp³-hybridized carbons (Fsp3) is 0.222. The predicted octanol–water partition coefficient (Wildman–Crippen LogP) is 6.43. The van der Waals surface area contributed by atoms with Crippen LogP contribution in [0.1, 0.15) is 35.6 Å². The van der Waals surface area contributed by atoms with E-state index in [9.17, 15) is 23.1 Å². The molecule has 1 aliphatic heterocycles. The van der Waals surface area contributed by atoms with Crippen LogP contribution in [0.3, 0.4) is 0 Å². The molecule has 0 aliphatic carbocycles. The number of benzene rings is 3. The molecule has 4 rings (SSSR count). The summed E-state index contributed by atoms with van der Waals surface area (Å²) in [6, 6.07) is 22.0. The Morgan fingerprint density at radius 3 is 2.18 bits per heavy atom. The van der Waals surface area contributed by atoms with Crippen molar-refractivity contribution >= 4 is 12.0 Å². The van der Waals surface area contributed by atoms with E-state index in [1.54, 1.807) is 6.07 Å². The van der Waals surface area contributed by atoms with Gasteiger partial charge in [0.25, 0.3) is 0 Å². The van der Waals surface area contributed by atoms with Crippen LogP contribution >= 0.6 is 0 Å². The quantitative estimate of drug-likeness (QED) is 0.434. The molecule has 7 heteroatoms. The Labute approximate surface area is 195 Å². The second-order valence-electron chi connectivity index (χ2n) is 8.08. The minimum Gasteiger partial charge on any atom is -0.489 e. The average molecular weight is 468 g/mol. The van der Waals surface area contributed by atoms with Crippen LogP contribution < -0.4 is 9.47 Å². The van der Waals surface area contributed by atoms with E-state index >= 15 is 0 Å². The van der Waals surface area contributed by atoms with Gasteiger partial charge < -0.3 is 14.6 Å². The van der Waals surface area contributed by atoms with Gasteiger partial charge in [-0.3, -0.25) is 0 Å². The normalized spacial score (nSPS) is 17.4. The Bertz CT molecular complexity index is 1200. The zero-order chi connectivity index (χ0) is 24.3. The highest BCUT2D eigenvalue weighted by atomic mass is 19.4. The highest BCUT2D eigenvalue weighted by molar-refractivity contribution is 5.96. The number of aliphatic carboxylic acids is 1. The minimum atomic E-state index is -4.91. The number of carbonyl (C=O) groups is 1. The van der Waals surface area contributed by atoms with Gasteiger partial charge in [0, 0.05) is 17.5 Å². The van der Waals surface area contributed by atoms with Crippen LogP contribution in [-0.4, -0.2) is 22.9 Å². The van der Waals surface area contributed by atoms with Crippen molar-refractivity contribution < 1.29 is 32.5 Å². The summed E-state index contributed by atoms with van der Waals surface area (Å²) in [6.07, 6.45) is -4.04. The van der Waals surface area contributed by atoms with Gasteiger partial charge in [0.2, 0.25) is 5.60 Å². The first kappa shape index (κ1) is 23.4. The fourth-order valence-electron chi connectivity index (χ4n) is 4.07. The maximum Gasteiger partial charge on any atom is 0.432 e. The third kappa shape index (κ3) is 4.51. The highest BCUT2D eigenvalue weighted by Gasteiger charge is 2.62. The Morgan fingerprint density at radius 2 is 1.62 bits per heavy atom. The van der Waals surface area contributed by atoms with Crippen molar-refractivity contribution in [1.82, 2.24) is 0 Å². The van der Waals surface area contributed by atoms with Crippen LogP contribution in [0.5, 0.6) is 11.5 Å². The number of hydrogen-bond donors (Lipinski definition) is 1. The van der Waals surface area contributed by atoms with Gasteiger partial charge in [-0.25, -0.2) is 4.79 Å². The lowest BCUT2D eigenvalue weighted by Gasteiger charge is -2.39. The zero-order valence-corrected chi connectivity index (χ0v) is 18.4. The van der Waals surface area contributed by atoms with Gasteiger partial charge in [-0.15, -0.1) is 0 Å². The minimum absolute atomic E-state index is 0.0258. The largest absolute Gasteiger partial charge is 0.489 e. The Morgan fingerprint density at radius 1 is 1.00 bits per heavy atom. The highest BCUT2D eigenvalue weighted by Crippen LogP contribution is 2.48. The molecule has 1 N–H and O–H groups in total. The molecule has 34 heavy (non-hydrogen) atoms. The molecular weight excluding hydrogens is 445 g/mol. The summed E-state index contributed by atoms with van der Waals surface area (Å²) in [5.41, 5.74) is -1.04. The van der Waals surface area contributed by atoms with Gasteiger partial charge in [0.05, 0.1) is 5.57 Å². The summed E-state index contributed by atoms with van der Waals surface area (Å²) in [7, 11) is 0. The molecule has 1 aliphatic rings. The molecule has 0 saturated heterocycles. The summed E-state index contributed by atoms with van der Waals surface area (Å²) in [6.45, 7) is 1.51. The lowest BCUT2D eigenvalue weighted by atomic mass is 9.85. The topological polar surface area (TPSA) is 55.8 Å². The molecule has 0 aromatic heterocycles. The van der Waals surface area contributed by atoms with E-state index in [4.69, 9.17) is 9.47 Å². The van der Waals surface area contributed by atoms with Crippen molar-refractivity contribution in [2.24, 2.45) is 0 Å². The molecule has 176 valence electrons. The van der Waals surface area contributed by atoms with E-state index in [0.29, 0.717) is 17.7 Å². The van der Waals surface area contributed by atoms with Crippen molar-refractivity contribution in [3.05, 3.63) is 101 Å². The van der Waals surface area contributed by atoms with E-state index < -0.39 is 29.7 Å². The van der Waals surface area contributed by atoms with Gasteiger partial charge in [-0.2, -0.15) is 13.2 Å². The molecule has 4 nitrogen and oxygen atoms in total. The molecule has 0 bridgehead atoms. The molecular formula is C27H23F3O4. The predicted molar refractivity (Wildman–Crippen MR) is 122 cm³/mol. The SMILES string of the molecule is CCC1(C(F)(F)F)Oc2cc(Cc3ccccc3)c(OCc3ccccc3)cc2C=C1C(=O)O. The third-order valence-electron chi connectivity index (χ3n) is 5.87. The van der Waals surface area contributed by atoms with Crippen LogP contribution in [0.4, 0.5) is 13.2 Å². The second-order valence-corrected chi connectivity index (χ2v) is 8.08. The molecule has 1 unspecified atom stereocenters. The summed E-state index contributed by atoms with van der Waals surface area (Å²) < 4.78 is 53.8. The number of carboxylic acid groups (broad SMARTS) is 1. The standard InChI is InChI=1S/C27H23F3O4/c1-2-26(27(28,29)30)22(25(31)32)14-21-15-23(33-17-19-11-7-4-8-12-19)20(16-24(21)34-26)13-18-9-5-3-6-10-18/h3-12,14-16H,2,13,17H2,1H3,(H,31,32). The average Bonchev–Trinajstić information content (AvgIpc) is 2.82. The molecule has 1 heterocycles. The molecule has 3 aromatic carbocycles. The molecule has 0 radical (unpaired) electrons. The lowest BCUT2D eigenvalue weighted by Crippen LogP contribution is -2.54. The summed E-state index contributed by atoms with van der Waals surface area (Å²) in [5, 5.41) is 9.59. The number of halogens is 3. The maximum absolute atomic E-state index is 14.1. The van der Waals surface area contributed by atoms with Crippen molar-refractivity contribution in [2.75, 3.05) is 0 Å². The first-order valence-electron chi connectivity index (χ1n) is 10.8. The smallest absolute Gasteiger partial charge is 0.432 e. The monoisotopic (exact) mass is 468 g/mol. The van der Waals surface area contributed by atoms with Crippen LogP contribution in [0.15, 0.2) is 78.4 Å².